The molecule has 1 saturated heterocycles. The number of benzene rings is 2. The fourth-order valence-electron chi connectivity index (χ4n) is 3.52. The van der Waals surface area contributed by atoms with Gasteiger partial charge in [0.05, 0.1) is 12.1 Å². The molecular weight excluding hydrogens is 364 g/mol. The molecule has 0 saturated carbocycles. The van der Waals surface area contributed by atoms with Gasteiger partial charge in [-0.1, -0.05) is 42.5 Å². The van der Waals surface area contributed by atoms with Gasteiger partial charge in [0.2, 0.25) is 5.91 Å². The molecule has 0 unspecified atom stereocenters. The Morgan fingerprint density at radius 3 is 2.34 bits per heavy atom. The van der Waals surface area contributed by atoms with Crippen LogP contribution in [0.1, 0.15) is 37.8 Å². The predicted molar refractivity (Wildman–Crippen MR) is 115 cm³/mol. The summed E-state index contributed by atoms with van der Waals surface area (Å²) in [5, 5.41) is 12.3. The van der Waals surface area contributed by atoms with Gasteiger partial charge in [0.25, 0.3) is 0 Å². The van der Waals surface area contributed by atoms with Crippen molar-refractivity contribution in [2.75, 3.05) is 19.7 Å². The molecule has 29 heavy (non-hydrogen) atoms. The van der Waals surface area contributed by atoms with E-state index in [0.717, 1.165) is 43.8 Å². The first-order valence-electron chi connectivity index (χ1n) is 10.4. The molecule has 0 aliphatic carbocycles. The van der Waals surface area contributed by atoms with Crippen molar-refractivity contribution in [3.05, 3.63) is 65.7 Å². The highest BCUT2D eigenvalue weighted by Crippen LogP contribution is 2.21. The lowest BCUT2D eigenvalue weighted by atomic mass is 9.94. The average molecular weight is 397 g/mol. The van der Waals surface area contributed by atoms with Gasteiger partial charge >= 0.3 is 0 Å². The first-order chi connectivity index (χ1) is 13.9. The third-order valence-electron chi connectivity index (χ3n) is 5.39. The summed E-state index contributed by atoms with van der Waals surface area (Å²) < 4.78 is 5.85. The lowest BCUT2D eigenvalue weighted by Gasteiger charge is -2.33. The number of amides is 1. The molecule has 5 heteroatoms. The maximum atomic E-state index is 12.4. The van der Waals surface area contributed by atoms with Gasteiger partial charge in [0, 0.05) is 12.5 Å². The Morgan fingerprint density at radius 2 is 1.72 bits per heavy atom. The van der Waals surface area contributed by atoms with E-state index in [1.807, 2.05) is 44.2 Å². The zero-order valence-corrected chi connectivity index (χ0v) is 17.4. The smallest absolute Gasteiger partial charge is 0.223 e. The van der Waals surface area contributed by atoms with Gasteiger partial charge < -0.3 is 15.2 Å². The molecule has 1 aliphatic heterocycles. The summed E-state index contributed by atoms with van der Waals surface area (Å²) in [7, 11) is 0. The van der Waals surface area contributed by atoms with Crippen LogP contribution in [0.5, 0.6) is 5.75 Å². The number of piperidine rings is 1. The number of aliphatic hydroxyl groups is 1. The highest BCUT2D eigenvalue weighted by atomic mass is 16.5. The zero-order chi connectivity index (χ0) is 20.7. The minimum atomic E-state index is -0.557. The van der Waals surface area contributed by atoms with Gasteiger partial charge in [-0.2, -0.15) is 0 Å². The molecule has 2 aromatic carbocycles. The topological polar surface area (TPSA) is 61.8 Å². The Hall–Kier alpha value is -2.37. The molecule has 0 radical (unpaired) electrons. The molecule has 156 valence electrons. The van der Waals surface area contributed by atoms with E-state index in [1.54, 1.807) is 0 Å². The van der Waals surface area contributed by atoms with Crippen LogP contribution in [0, 0.1) is 5.92 Å². The number of ether oxygens (including phenoxy) is 1. The molecular formula is C24H32N2O3. The Kier molecular flexibility index (Phi) is 7.29. The molecule has 1 fully saturated rings. The number of nitrogens with zero attached hydrogens (tertiary/aromatic N) is 1. The Morgan fingerprint density at radius 1 is 1.07 bits per heavy atom. The van der Waals surface area contributed by atoms with Crippen molar-refractivity contribution in [3.63, 3.8) is 0 Å². The molecule has 0 spiro atoms. The van der Waals surface area contributed by atoms with Gasteiger partial charge in [0.15, 0.2) is 0 Å². The van der Waals surface area contributed by atoms with Gasteiger partial charge in [-0.3, -0.25) is 9.69 Å². The summed E-state index contributed by atoms with van der Waals surface area (Å²) in [6.45, 7) is 6.90. The molecule has 0 atom stereocenters. The Balaban J connectivity index is 1.43. The van der Waals surface area contributed by atoms with E-state index < -0.39 is 5.54 Å². The van der Waals surface area contributed by atoms with Crippen molar-refractivity contribution >= 4 is 5.91 Å². The zero-order valence-electron chi connectivity index (χ0n) is 17.4. The van der Waals surface area contributed by atoms with Crippen LogP contribution in [0.25, 0.3) is 0 Å². The van der Waals surface area contributed by atoms with Crippen LogP contribution in [-0.4, -0.2) is 41.1 Å². The molecule has 0 bridgehead atoms. The van der Waals surface area contributed by atoms with Gasteiger partial charge in [-0.15, -0.1) is 0 Å². The lowest BCUT2D eigenvalue weighted by molar-refractivity contribution is -0.128. The van der Waals surface area contributed by atoms with E-state index in [9.17, 15) is 9.90 Å². The number of likely N-dealkylation sites (tertiary alicyclic amines) is 1. The normalized spacial score (nSPS) is 15.8. The molecule has 3 rings (SSSR count). The second-order valence-electron chi connectivity index (χ2n) is 8.50. The number of carbonyl (C=O) groups excluding carboxylic acids is 1. The van der Waals surface area contributed by atoms with Crippen molar-refractivity contribution in [1.82, 2.24) is 10.2 Å². The predicted octanol–water partition coefficient (Wildman–Crippen LogP) is 3.36. The van der Waals surface area contributed by atoms with Gasteiger partial charge in [0.1, 0.15) is 12.4 Å². The molecule has 2 aromatic rings. The van der Waals surface area contributed by atoms with Gasteiger partial charge in [-0.25, -0.2) is 0 Å². The summed E-state index contributed by atoms with van der Waals surface area (Å²) in [5.74, 6) is 0.967. The second-order valence-corrected chi connectivity index (χ2v) is 8.50. The third-order valence-corrected chi connectivity index (χ3v) is 5.39. The monoisotopic (exact) mass is 396 g/mol. The molecule has 5 nitrogen and oxygen atoms in total. The van der Waals surface area contributed by atoms with Crippen LogP contribution in [0.2, 0.25) is 0 Å². The van der Waals surface area contributed by atoms with E-state index in [0.29, 0.717) is 6.61 Å². The quantitative estimate of drug-likeness (QED) is 0.718. The molecule has 1 aliphatic rings. The van der Waals surface area contributed by atoms with Crippen molar-refractivity contribution in [2.45, 2.75) is 45.4 Å². The Labute approximate surface area is 173 Å². The van der Waals surface area contributed by atoms with Crippen molar-refractivity contribution < 1.29 is 14.6 Å². The van der Waals surface area contributed by atoms with Crippen LogP contribution in [0.3, 0.4) is 0 Å². The van der Waals surface area contributed by atoms with Crippen LogP contribution in [0.15, 0.2) is 54.6 Å². The average Bonchev–Trinajstić information content (AvgIpc) is 2.74. The Bertz CT molecular complexity index is 766. The molecule has 0 aromatic heterocycles. The van der Waals surface area contributed by atoms with Crippen LogP contribution >= 0.6 is 0 Å². The fourth-order valence-corrected chi connectivity index (χ4v) is 3.52. The van der Waals surface area contributed by atoms with Crippen LogP contribution < -0.4 is 10.1 Å². The highest BCUT2D eigenvalue weighted by Gasteiger charge is 2.28. The number of hydrogen-bond donors (Lipinski definition) is 2. The minimum Gasteiger partial charge on any atom is -0.489 e. The summed E-state index contributed by atoms with van der Waals surface area (Å²) >= 11 is 0. The van der Waals surface area contributed by atoms with Crippen molar-refractivity contribution in [1.29, 1.82) is 0 Å². The van der Waals surface area contributed by atoms with Crippen LogP contribution in [-0.2, 0) is 17.9 Å². The first kappa shape index (κ1) is 21.3. The van der Waals surface area contributed by atoms with Gasteiger partial charge in [-0.05, 0) is 63.0 Å². The van der Waals surface area contributed by atoms with Crippen LogP contribution in [0.4, 0.5) is 0 Å². The number of rotatable bonds is 8. The van der Waals surface area contributed by atoms with E-state index >= 15 is 0 Å². The number of hydrogen-bond acceptors (Lipinski definition) is 4. The van der Waals surface area contributed by atoms with Crippen molar-refractivity contribution in [2.24, 2.45) is 5.92 Å². The summed E-state index contributed by atoms with van der Waals surface area (Å²) in [4.78, 5) is 14.8. The second kappa shape index (κ2) is 9.90. The lowest BCUT2D eigenvalue weighted by Crippen LogP contribution is -2.50. The van der Waals surface area contributed by atoms with E-state index in [2.05, 4.69) is 34.5 Å². The maximum Gasteiger partial charge on any atom is 0.223 e. The summed E-state index contributed by atoms with van der Waals surface area (Å²) in [6.07, 6.45) is 1.71. The summed E-state index contributed by atoms with van der Waals surface area (Å²) in [5.41, 5.74) is 1.85. The van der Waals surface area contributed by atoms with E-state index in [1.165, 1.54) is 5.56 Å². The molecule has 1 heterocycles. The van der Waals surface area contributed by atoms with Crippen molar-refractivity contribution in [3.8, 4) is 5.75 Å². The SMILES string of the molecule is CC(C)(CO)NC(=O)C1CCN(Cc2ccc(OCc3ccccc3)cc2)CC1. The third kappa shape index (κ3) is 6.58. The standard InChI is InChI=1S/C24H32N2O3/c1-24(2,18-27)25-23(28)21-12-14-26(15-13-21)16-19-8-10-22(11-9-19)29-17-20-6-4-3-5-7-20/h3-11,21,27H,12-18H2,1-2H3,(H,25,28). The fraction of sp³-hybridized carbons (Fsp3) is 0.458. The number of aliphatic hydroxyl groups excluding tert-OH is 1. The molecule has 1 amide bonds. The summed E-state index contributed by atoms with van der Waals surface area (Å²) in [6, 6.07) is 18.4. The largest absolute Gasteiger partial charge is 0.489 e. The maximum absolute atomic E-state index is 12.4. The minimum absolute atomic E-state index is 0.0332. The highest BCUT2D eigenvalue weighted by molar-refractivity contribution is 5.79. The number of nitrogens with one attached hydrogen (secondary N) is 1. The van der Waals surface area contributed by atoms with E-state index in [-0.39, 0.29) is 18.4 Å². The van der Waals surface area contributed by atoms with E-state index in [4.69, 9.17) is 4.74 Å². The first-order valence-corrected chi connectivity index (χ1v) is 10.4. The number of carbonyl (C=O) groups is 1. The molecule has 2 N–H and O–H groups in total.